The first-order chi connectivity index (χ1) is 11.4. The van der Waals surface area contributed by atoms with Crippen molar-refractivity contribution in [3.8, 4) is 5.75 Å². The van der Waals surface area contributed by atoms with E-state index in [-0.39, 0.29) is 23.7 Å². The highest BCUT2D eigenvalue weighted by Gasteiger charge is 2.18. The van der Waals surface area contributed by atoms with E-state index in [1.54, 1.807) is 6.20 Å². The zero-order valence-electron chi connectivity index (χ0n) is 13.9. The summed E-state index contributed by atoms with van der Waals surface area (Å²) in [7, 11) is 0. The topological polar surface area (TPSA) is 77.2 Å². The second-order valence-electron chi connectivity index (χ2n) is 6.48. The number of oxazole rings is 1. The Morgan fingerprint density at radius 2 is 2.12 bits per heavy atom. The van der Waals surface area contributed by atoms with Gasteiger partial charge >= 0.3 is 0 Å². The van der Waals surface area contributed by atoms with Crippen LogP contribution in [0.1, 0.15) is 37.2 Å². The molecule has 6 nitrogen and oxygen atoms in total. The van der Waals surface area contributed by atoms with E-state index in [1.807, 2.05) is 51.1 Å². The van der Waals surface area contributed by atoms with Crippen molar-refractivity contribution >= 4 is 16.8 Å². The highest BCUT2D eigenvalue weighted by atomic mass is 16.5. The van der Waals surface area contributed by atoms with E-state index in [9.17, 15) is 4.79 Å². The van der Waals surface area contributed by atoms with E-state index >= 15 is 0 Å². The van der Waals surface area contributed by atoms with Crippen LogP contribution in [0.5, 0.6) is 5.75 Å². The van der Waals surface area contributed by atoms with Gasteiger partial charge in [-0.15, -0.1) is 0 Å². The molecule has 0 aliphatic heterocycles. The van der Waals surface area contributed by atoms with Gasteiger partial charge in [-0.25, -0.2) is 4.98 Å². The van der Waals surface area contributed by atoms with Gasteiger partial charge in [0, 0.05) is 17.1 Å². The molecule has 0 bridgehead atoms. The second kappa shape index (κ2) is 6.31. The van der Waals surface area contributed by atoms with Crippen LogP contribution in [-0.2, 0) is 6.61 Å². The molecule has 0 unspecified atom stereocenters. The number of rotatable bonds is 4. The molecule has 0 radical (unpaired) electrons. The summed E-state index contributed by atoms with van der Waals surface area (Å²) in [5.74, 6) is 0.768. The number of pyridine rings is 1. The van der Waals surface area contributed by atoms with Crippen LogP contribution in [0.2, 0.25) is 0 Å². The van der Waals surface area contributed by atoms with E-state index in [4.69, 9.17) is 9.15 Å². The lowest BCUT2D eigenvalue weighted by molar-refractivity contribution is 0.0914. The molecule has 2 aromatic heterocycles. The highest BCUT2D eigenvalue weighted by Crippen LogP contribution is 2.20. The number of nitrogens with one attached hydrogen (secondary N) is 1. The SMILES string of the molecule is CC(C)(C)NC(=O)c1coc(COc2ccc3ncccc3c2)n1. The van der Waals surface area contributed by atoms with Crippen LogP contribution < -0.4 is 10.1 Å². The molecule has 6 heteroatoms. The van der Waals surface area contributed by atoms with Crippen molar-refractivity contribution in [1.82, 2.24) is 15.3 Å². The number of hydrogen-bond donors (Lipinski definition) is 1. The predicted octanol–water partition coefficient (Wildman–Crippen LogP) is 3.33. The highest BCUT2D eigenvalue weighted by molar-refractivity contribution is 5.92. The molecule has 0 atom stereocenters. The van der Waals surface area contributed by atoms with Gasteiger partial charge in [0.1, 0.15) is 12.0 Å². The van der Waals surface area contributed by atoms with Crippen molar-refractivity contribution in [2.45, 2.75) is 32.9 Å². The van der Waals surface area contributed by atoms with Crippen LogP contribution in [0, 0.1) is 0 Å². The molecular weight excluding hydrogens is 306 g/mol. The average Bonchev–Trinajstić information content (AvgIpc) is 3.00. The Morgan fingerprint density at radius 3 is 2.92 bits per heavy atom. The average molecular weight is 325 g/mol. The van der Waals surface area contributed by atoms with Gasteiger partial charge in [0.25, 0.3) is 5.91 Å². The standard InChI is InChI=1S/C18H19N3O3/c1-18(2,3)21-17(22)15-10-24-16(20-15)11-23-13-6-7-14-12(9-13)5-4-8-19-14/h4-10H,11H2,1-3H3,(H,21,22). The molecule has 1 N–H and O–H groups in total. The van der Waals surface area contributed by atoms with Crippen molar-refractivity contribution in [3.63, 3.8) is 0 Å². The molecule has 3 rings (SSSR count). The minimum atomic E-state index is -0.328. The van der Waals surface area contributed by atoms with Gasteiger partial charge < -0.3 is 14.5 Å². The van der Waals surface area contributed by atoms with E-state index < -0.39 is 0 Å². The number of aromatic nitrogens is 2. The van der Waals surface area contributed by atoms with Crippen LogP contribution in [0.4, 0.5) is 0 Å². The summed E-state index contributed by atoms with van der Waals surface area (Å²) in [4.78, 5) is 20.4. The fraction of sp³-hybridized carbons (Fsp3) is 0.278. The van der Waals surface area contributed by atoms with Crippen molar-refractivity contribution in [2.75, 3.05) is 0 Å². The molecule has 3 aromatic rings. The van der Waals surface area contributed by atoms with Crippen molar-refractivity contribution in [3.05, 3.63) is 54.4 Å². The van der Waals surface area contributed by atoms with Gasteiger partial charge in [-0.3, -0.25) is 9.78 Å². The maximum absolute atomic E-state index is 12.0. The summed E-state index contributed by atoms with van der Waals surface area (Å²) in [5, 5.41) is 3.83. The smallest absolute Gasteiger partial charge is 0.273 e. The molecule has 0 fully saturated rings. The zero-order chi connectivity index (χ0) is 17.2. The summed E-state index contributed by atoms with van der Waals surface area (Å²) in [6.07, 6.45) is 3.09. The Kier molecular flexibility index (Phi) is 4.20. The van der Waals surface area contributed by atoms with Crippen molar-refractivity contribution in [1.29, 1.82) is 0 Å². The van der Waals surface area contributed by atoms with Crippen molar-refractivity contribution < 1.29 is 13.9 Å². The molecule has 124 valence electrons. The number of ether oxygens (including phenoxy) is 1. The maximum Gasteiger partial charge on any atom is 0.273 e. The summed E-state index contributed by atoms with van der Waals surface area (Å²) in [6, 6.07) is 9.47. The zero-order valence-corrected chi connectivity index (χ0v) is 13.9. The summed E-state index contributed by atoms with van der Waals surface area (Å²) in [6.45, 7) is 5.87. The number of carbonyl (C=O) groups excluding carboxylic acids is 1. The first kappa shape index (κ1) is 16.0. The molecule has 0 aliphatic carbocycles. The Balaban J connectivity index is 1.65. The van der Waals surface area contributed by atoms with Crippen LogP contribution >= 0.6 is 0 Å². The maximum atomic E-state index is 12.0. The van der Waals surface area contributed by atoms with Gasteiger partial charge in [0.15, 0.2) is 12.3 Å². The molecule has 0 aliphatic rings. The van der Waals surface area contributed by atoms with Crippen LogP contribution in [0.25, 0.3) is 10.9 Å². The molecular formula is C18H19N3O3. The quantitative estimate of drug-likeness (QED) is 0.796. The van der Waals surface area contributed by atoms with Gasteiger partial charge in [0.05, 0.1) is 5.52 Å². The summed E-state index contributed by atoms with van der Waals surface area (Å²) in [5.41, 5.74) is 0.819. The predicted molar refractivity (Wildman–Crippen MR) is 89.8 cm³/mol. The van der Waals surface area contributed by atoms with Gasteiger partial charge in [-0.1, -0.05) is 6.07 Å². The van der Waals surface area contributed by atoms with E-state index in [2.05, 4.69) is 15.3 Å². The lowest BCUT2D eigenvalue weighted by atomic mass is 10.1. The lowest BCUT2D eigenvalue weighted by Gasteiger charge is -2.19. The first-order valence-corrected chi connectivity index (χ1v) is 7.65. The fourth-order valence-corrected chi connectivity index (χ4v) is 2.17. The summed E-state index contributed by atoms with van der Waals surface area (Å²) >= 11 is 0. The molecule has 24 heavy (non-hydrogen) atoms. The Bertz CT molecular complexity index is 865. The largest absolute Gasteiger partial charge is 0.484 e. The van der Waals surface area contributed by atoms with Crippen LogP contribution in [0.3, 0.4) is 0 Å². The lowest BCUT2D eigenvalue weighted by Crippen LogP contribution is -2.40. The Labute approximate surface area is 139 Å². The second-order valence-corrected chi connectivity index (χ2v) is 6.48. The molecule has 2 heterocycles. The normalized spacial score (nSPS) is 11.5. The van der Waals surface area contributed by atoms with E-state index in [0.29, 0.717) is 11.6 Å². The van der Waals surface area contributed by atoms with E-state index in [1.165, 1.54) is 6.26 Å². The third-order valence-corrected chi connectivity index (χ3v) is 3.21. The third-order valence-electron chi connectivity index (χ3n) is 3.21. The number of benzene rings is 1. The number of nitrogens with zero attached hydrogens (tertiary/aromatic N) is 2. The Morgan fingerprint density at radius 1 is 1.29 bits per heavy atom. The van der Waals surface area contributed by atoms with Crippen LogP contribution in [0.15, 0.2) is 47.2 Å². The number of amides is 1. The van der Waals surface area contributed by atoms with Gasteiger partial charge in [-0.2, -0.15) is 0 Å². The number of hydrogen-bond acceptors (Lipinski definition) is 5. The molecule has 0 spiro atoms. The molecule has 1 amide bonds. The van der Waals surface area contributed by atoms with Gasteiger partial charge in [0.2, 0.25) is 5.89 Å². The molecule has 0 saturated heterocycles. The number of fused-ring (bicyclic) bond motifs is 1. The fourth-order valence-electron chi connectivity index (χ4n) is 2.17. The molecule has 1 aromatic carbocycles. The molecule has 0 saturated carbocycles. The van der Waals surface area contributed by atoms with Crippen molar-refractivity contribution in [2.24, 2.45) is 0 Å². The monoisotopic (exact) mass is 325 g/mol. The minimum absolute atomic E-state index is 0.147. The third kappa shape index (κ3) is 3.90. The first-order valence-electron chi connectivity index (χ1n) is 7.65. The number of carbonyl (C=O) groups is 1. The summed E-state index contributed by atoms with van der Waals surface area (Å²) < 4.78 is 11.0. The van der Waals surface area contributed by atoms with Gasteiger partial charge in [-0.05, 0) is 45.0 Å². The Hall–Kier alpha value is -2.89. The minimum Gasteiger partial charge on any atom is -0.484 e. The van der Waals surface area contributed by atoms with E-state index in [0.717, 1.165) is 10.9 Å². The van der Waals surface area contributed by atoms with Crippen LogP contribution in [-0.4, -0.2) is 21.4 Å².